The van der Waals surface area contributed by atoms with Crippen LogP contribution in [0.3, 0.4) is 0 Å². The van der Waals surface area contributed by atoms with E-state index in [0.717, 1.165) is 30.0 Å². The van der Waals surface area contributed by atoms with Crippen molar-refractivity contribution in [1.82, 2.24) is 15.0 Å². The molecule has 5 nitrogen and oxygen atoms in total. The average Bonchev–Trinajstić information content (AvgIpc) is 2.71. The molecule has 1 unspecified atom stereocenters. The first-order valence-corrected chi connectivity index (χ1v) is 11.0. The van der Waals surface area contributed by atoms with Gasteiger partial charge in [-0.1, -0.05) is 36.4 Å². The zero-order valence-electron chi connectivity index (χ0n) is 16.3. The fourth-order valence-corrected chi connectivity index (χ4v) is 4.69. The highest BCUT2D eigenvalue weighted by Gasteiger charge is 2.20. The molecule has 0 saturated heterocycles. The second-order valence-electron chi connectivity index (χ2n) is 7.15. The first kappa shape index (κ1) is 20.5. The number of aryl methyl sites for hydroxylation is 1. The summed E-state index contributed by atoms with van der Waals surface area (Å²) in [5.74, 6) is 0. The number of fused-ring (bicyclic) bond motifs is 1. The highest BCUT2D eigenvalue weighted by atomic mass is 32.2. The molecule has 0 amide bonds. The van der Waals surface area contributed by atoms with Crippen LogP contribution in [0, 0.1) is 0 Å². The van der Waals surface area contributed by atoms with Crippen LogP contribution in [-0.4, -0.2) is 32.5 Å². The summed E-state index contributed by atoms with van der Waals surface area (Å²) in [5, 5.41) is 5.10. The Bertz CT molecular complexity index is 1010. The summed E-state index contributed by atoms with van der Waals surface area (Å²) in [6, 6.07) is 17.3. The number of hydrogen-bond donors (Lipinski definition) is 2. The SMILES string of the molecule is CNC(CCc1ccccc1)C[C@@H](C)NS(=O)(=O)c1ccc2cnccc2c1. The van der Waals surface area contributed by atoms with Crippen LogP contribution >= 0.6 is 0 Å². The standard InChI is InChI=1S/C22H27N3O2S/c1-17(14-21(23-2)10-8-18-6-4-3-5-7-18)25-28(26,27)22-11-9-20-16-24-13-12-19(20)15-22/h3-7,9,11-13,15-17,21,23,25H,8,10,14H2,1-2H3/t17-,21?/m1/s1. The van der Waals surface area contributed by atoms with Gasteiger partial charge in [0.2, 0.25) is 10.0 Å². The Morgan fingerprint density at radius 1 is 1.04 bits per heavy atom. The van der Waals surface area contributed by atoms with Crippen molar-refractivity contribution >= 4 is 20.8 Å². The lowest BCUT2D eigenvalue weighted by Crippen LogP contribution is -2.38. The van der Waals surface area contributed by atoms with Crippen LogP contribution in [0.4, 0.5) is 0 Å². The van der Waals surface area contributed by atoms with E-state index >= 15 is 0 Å². The summed E-state index contributed by atoms with van der Waals surface area (Å²) in [6.45, 7) is 1.91. The van der Waals surface area contributed by atoms with Crippen LogP contribution in [0.15, 0.2) is 71.9 Å². The first-order valence-electron chi connectivity index (χ1n) is 9.55. The van der Waals surface area contributed by atoms with Crippen LogP contribution < -0.4 is 10.0 Å². The van der Waals surface area contributed by atoms with E-state index in [4.69, 9.17) is 0 Å². The Kier molecular flexibility index (Phi) is 6.78. The summed E-state index contributed by atoms with van der Waals surface area (Å²) >= 11 is 0. The minimum Gasteiger partial charge on any atom is -0.317 e. The molecule has 1 aromatic heterocycles. The highest BCUT2D eigenvalue weighted by molar-refractivity contribution is 7.89. The Morgan fingerprint density at radius 2 is 1.82 bits per heavy atom. The molecule has 6 heteroatoms. The zero-order valence-corrected chi connectivity index (χ0v) is 17.1. The van der Waals surface area contributed by atoms with Crippen LogP contribution in [0.2, 0.25) is 0 Å². The van der Waals surface area contributed by atoms with Gasteiger partial charge >= 0.3 is 0 Å². The normalized spacial score (nSPS) is 14.1. The zero-order chi connectivity index (χ0) is 20.0. The van der Waals surface area contributed by atoms with Crippen molar-refractivity contribution in [2.24, 2.45) is 0 Å². The quantitative estimate of drug-likeness (QED) is 0.580. The number of benzene rings is 2. The highest BCUT2D eigenvalue weighted by Crippen LogP contribution is 2.19. The maximum Gasteiger partial charge on any atom is 0.240 e. The molecule has 0 fully saturated rings. The smallest absolute Gasteiger partial charge is 0.240 e. The van der Waals surface area contributed by atoms with Gasteiger partial charge < -0.3 is 5.32 Å². The molecule has 2 N–H and O–H groups in total. The molecule has 28 heavy (non-hydrogen) atoms. The molecule has 1 heterocycles. The minimum absolute atomic E-state index is 0.175. The molecule has 2 atom stereocenters. The first-order chi connectivity index (χ1) is 13.5. The van der Waals surface area contributed by atoms with Gasteiger partial charge in [0.1, 0.15) is 0 Å². The van der Waals surface area contributed by atoms with E-state index in [2.05, 4.69) is 27.2 Å². The Hall–Kier alpha value is -2.28. The van der Waals surface area contributed by atoms with Gasteiger partial charge in [-0.05, 0) is 62.4 Å². The molecule has 0 aliphatic heterocycles. The lowest BCUT2D eigenvalue weighted by atomic mass is 10.0. The third-order valence-electron chi connectivity index (χ3n) is 4.95. The molecule has 3 aromatic rings. The molecule has 0 aliphatic rings. The molecular formula is C22H27N3O2S. The van der Waals surface area contributed by atoms with Gasteiger partial charge in [0.25, 0.3) is 0 Å². The van der Waals surface area contributed by atoms with Gasteiger partial charge in [0.15, 0.2) is 0 Å². The predicted octanol–water partition coefficient (Wildman–Crippen LogP) is 3.51. The van der Waals surface area contributed by atoms with Crippen molar-refractivity contribution in [3.05, 3.63) is 72.6 Å². The topological polar surface area (TPSA) is 71.1 Å². The summed E-state index contributed by atoms with van der Waals surface area (Å²) < 4.78 is 28.4. The largest absolute Gasteiger partial charge is 0.317 e. The lowest BCUT2D eigenvalue weighted by Gasteiger charge is -2.21. The van der Waals surface area contributed by atoms with E-state index in [-0.39, 0.29) is 17.0 Å². The van der Waals surface area contributed by atoms with Crippen molar-refractivity contribution in [2.75, 3.05) is 7.05 Å². The van der Waals surface area contributed by atoms with E-state index in [0.29, 0.717) is 0 Å². The van der Waals surface area contributed by atoms with E-state index in [1.54, 1.807) is 30.6 Å². The van der Waals surface area contributed by atoms with Crippen molar-refractivity contribution in [1.29, 1.82) is 0 Å². The average molecular weight is 398 g/mol. The summed E-state index contributed by atoms with van der Waals surface area (Å²) in [5.41, 5.74) is 1.29. The fourth-order valence-electron chi connectivity index (χ4n) is 3.40. The molecule has 0 saturated carbocycles. The minimum atomic E-state index is -3.57. The Morgan fingerprint density at radius 3 is 2.57 bits per heavy atom. The second-order valence-corrected chi connectivity index (χ2v) is 8.87. The lowest BCUT2D eigenvalue weighted by molar-refractivity contribution is 0.436. The number of pyridine rings is 1. The summed E-state index contributed by atoms with van der Waals surface area (Å²) in [4.78, 5) is 4.34. The molecule has 0 bridgehead atoms. The third kappa shape index (κ3) is 5.38. The molecular weight excluding hydrogens is 370 g/mol. The number of nitrogens with zero attached hydrogens (tertiary/aromatic N) is 1. The second kappa shape index (κ2) is 9.28. The predicted molar refractivity (Wildman–Crippen MR) is 114 cm³/mol. The summed E-state index contributed by atoms with van der Waals surface area (Å²) in [7, 11) is -1.65. The van der Waals surface area contributed by atoms with E-state index in [1.807, 2.05) is 38.2 Å². The van der Waals surface area contributed by atoms with Gasteiger partial charge in [-0.15, -0.1) is 0 Å². The molecule has 0 aliphatic carbocycles. The number of sulfonamides is 1. The molecule has 148 valence electrons. The van der Waals surface area contributed by atoms with Crippen LogP contribution in [-0.2, 0) is 16.4 Å². The van der Waals surface area contributed by atoms with Gasteiger partial charge in [-0.25, -0.2) is 13.1 Å². The number of rotatable bonds is 9. The van der Waals surface area contributed by atoms with E-state index in [1.165, 1.54) is 5.56 Å². The maximum absolute atomic E-state index is 12.8. The molecule has 2 aromatic carbocycles. The van der Waals surface area contributed by atoms with E-state index < -0.39 is 10.0 Å². The molecule has 3 rings (SSSR count). The van der Waals surface area contributed by atoms with E-state index in [9.17, 15) is 8.42 Å². The molecule has 0 radical (unpaired) electrons. The Labute approximate surface area is 167 Å². The van der Waals surface area contributed by atoms with Crippen molar-refractivity contribution in [2.45, 2.75) is 43.2 Å². The van der Waals surface area contributed by atoms with Gasteiger partial charge in [-0.3, -0.25) is 4.98 Å². The number of aromatic nitrogens is 1. The van der Waals surface area contributed by atoms with Gasteiger partial charge in [-0.2, -0.15) is 0 Å². The maximum atomic E-state index is 12.8. The Balaban J connectivity index is 1.61. The third-order valence-corrected chi connectivity index (χ3v) is 6.54. The number of nitrogens with one attached hydrogen (secondary N) is 2. The van der Waals surface area contributed by atoms with Crippen molar-refractivity contribution in [3.63, 3.8) is 0 Å². The van der Waals surface area contributed by atoms with Gasteiger partial charge in [0.05, 0.1) is 4.90 Å². The van der Waals surface area contributed by atoms with Crippen LogP contribution in [0.1, 0.15) is 25.3 Å². The molecule has 0 spiro atoms. The van der Waals surface area contributed by atoms with Crippen LogP contribution in [0.5, 0.6) is 0 Å². The van der Waals surface area contributed by atoms with Crippen molar-refractivity contribution in [3.8, 4) is 0 Å². The monoisotopic (exact) mass is 397 g/mol. The number of hydrogen-bond acceptors (Lipinski definition) is 4. The van der Waals surface area contributed by atoms with Crippen LogP contribution in [0.25, 0.3) is 10.8 Å². The van der Waals surface area contributed by atoms with Crippen molar-refractivity contribution < 1.29 is 8.42 Å². The van der Waals surface area contributed by atoms with Gasteiger partial charge in [0, 0.05) is 29.9 Å². The summed E-state index contributed by atoms with van der Waals surface area (Å²) in [6.07, 6.45) is 6.03. The fraction of sp³-hybridized carbons (Fsp3) is 0.318.